The lowest BCUT2D eigenvalue weighted by Gasteiger charge is -2.28. The number of nitrogen functional groups attached to an aromatic ring is 2. The van der Waals surface area contributed by atoms with Crippen LogP contribution in [0, 0.1) is 11.3 Å². The maximum atomic E-state index is 11.4. The van der Waals surface area contributed by atoms with E-state index in [0.29, 0.717) is 67.0 Å². The van der Waals surface area contributed by atoms with E-state index < -0.39 is 34.7 Å². The van der Waals surface area contributed by atoms with Crippen LogP contribution in [0.15, 0.2) is 97.6 Å². The number of hydrogen-bond donors (Lipinski definition) is 4. The van der Waals surface area contributed by atoms with Crippen LogP contribution in [0.5, 0.6) is 0 Å². The zero-order chi connectivity index (χ0) is 43.3. The van der Waals surface area contributed by atoms with Gasteiger partial charge in [0.2, 0.25) is 11.4 Å². The molecule has 59 heavy (non-hydrogen) atoms. The Balaban J connectivity index is 0.000000197. The molecule has 6 N–H and O–H groups in total. The van der Waals surface area contributed by atoms with Gasteiger partial charge in [0, 0.05) is 14.2 Å². The molecule has 4 aromatic heterocycles. The molecule has 8 rings (SSSR count). The molecule has 0 spiro atoms. The third-order valence-corrected chi connectivity index (χ3v) is 9.67. The van der Waals surface area contributed by atoms with Crippen molar-refractivity contribution in [2.45, 2.75) is 89.0 Å². The summed E-state index contributed by atoms with van der Waals surface area (Å²) < 4.78 is 33.5. The number of aliphatic hydroxyl groups is 2. The van der Waals surface area contributed by atoms with Gasteiger partial charge in [-0.1, -0.05) is 81.4 Å². The van der Waals surface area contributed by atoms with Crippen molar-refractivity contribution in [1.82, 2.24) is 29.2 Å². The Kier molecular flexibility index (Phi) is 15.8. The normalized spacial score (nSPS) is 23.5. The van der Waals surface area contributed by atoms with Crippen molar-refractivity contribution in [3.8, 4) is 6.07 Å². The summed E-state index contributed by atoms with van der Waals surface area (Å²) >= 11 is 14.4. The van der Waals surface area contributed by atoms with Gasteiger partial charge in [-0.2, -0.15) is 49.8 Å². The summed E-state index contributed by atoms with van der Waals surface area (Å²) in [5.41, 5.74) is 14.7. The molecular weight excluding hydrogens is 820 g/mol. The fourth-order valence-electron chi connectivity index (χ4n) is 6.90. The minimum absolute atomic E-state index is 0.0921. The highest BCUT2D eigenvalue weighted by Crippen LogP contribution is 2.43. The number of aliphatic hydroxyl groups excluding tert-OH is 1. The summed E-state index contributed by atoms with van der Waals surface area (Å²) in [6.07, 6.45) is 2.79. The fourth-order valence-corrected chi connectivity index (χ4v) is 6.90. The van der Waals surface area contributed by atoms with Crippen molar-refractivity contribution in [2.24, 2.45) is 0 Å². The Labute approximate surface area is 358 Å². The average Bonchev–Trinajstić information content (AvgIpc) is 4.05. The molecule has 2 aliphatic heterocycles. The van der Waals surface area contributed by atoms with Crippen LogP contribution >= 0.6 is 34.4 Å². The number of fused-ring (bicyclic) bond motifs is 2. The lowest BCUT2D eigenvalue weighted by atomic mass is 9.94. The minimum atomic E-state index is -1.59. The second-order valence-electron chi connectivity index (χ2n) is 13.2. The highest BCUT2D eigenvalue weighted by molar-refractivity contribution is 7.54. The molecule has 1 unspecified atom stereocenters. The number of ether oxygens (including phenoxy) is 4. The van der Waals surface area contributed by atoms with Crippen LogP contribution in [-0.4, -0.2) is 75.4 Å². The van der Waals surface area contributed by atoms with Crippen LogP contribution in [0.2, 0.25) is 0 Å². The van der Waals surface area contributed by atoms with E-state index in [1.54, 1.807) is 40.2 Å². The molecule has 2 aliphatic rings. The molecule has 0 bridgehead atoms. The van der Waals surface area contributed by atoms with Gasteiger partial charge in [0.05, 0.1) is 37.7 Å². The molecule has 0 aliphatic carbocycles. The molecule has 15 nitrogen and oxygen atoms in total. The van der Waals surface area contributed by atoms with Crippen LogP contribution < -0.4 is 11.5 Å². The first-order valence-corrected chi connectivity index (χ1v) is 20.0. The quantitative estimate of drug-likeness (QED) is 0.111. The van der Waals surface area contributed by atoms with Crippen LogP contribution in [0.25, 0.3) is 11.0 Å². The SMILES string of the molecule is CC[C@@H]1C[C@@H](OCc2ccccc2)C(O)(c2ccc3c(N)ncnn23)O1.ClB(Cl)Cl.N#C[C@@]1(c2ccc3c(N)ncnn23)O[C@H](CO)C[C@H]1OCc1ccccc1.[2H]CC. The first kappa shape index (κ1) is 44.0. The number of rotatable bonds is 10. The summed E-state index contributed by atoms with van der Waals surface area (Å²) in [7, 11) is 0. The van der Waals surface area contributed by atoms with Crippen molar-refractivity contribution in [3.05, 3.63) is 120 Å². The van der Waals surface area contributed by atoms with Crippen LogP contribution in [0.1, 0.15) is 63.9 Å². The van der Waals surface area contributed by atoms with Gasteiger partial charge >= 0.3 is 4.96 Å². The molecule has 2 fully saturated rings. The topological polar surface area (TPSA) is 214 Å². The van der Waals surface area contributed by atoms with Crippen molar-refractivity contribution in [3.63, 3.8) is 0 Å². The number of hydrogen-bond acceptors (Lipinski definition) is 13. The molecule has 2 saturated heterocycles. The zero-order valence-electron chi connectivity index (χ0n) is 33.5. The molecule has 6 heterocycles. The highest BCUT2D eigenvalue weighted by Gasteiger charge is 2.54. The van der Waals surface area contributed by atoms with Gasteiger partial charge in [0.1, 0.15) is 47.7 Å². The Hall–Kier alpha value is -4.54. The summed E-state index contributed by atoms with van der Waals surface area (Å²) in [5.74, 6) is -0.938. The summed E-state index contributed by atoms with van der Waals surface area (Å²) in [4.78, 5) is 7.21. The smallest absolute Gasteiger partial charge is 0.394 e. The van der Waals surface area contributed by atoms with Crippen LogP contribution in [0.3, 0.4) is 0 Å². The van der Waals surface area contributed by atoms with E-state index in [4.69, 9.17) is 66.2 Å². The molecular formula is C40H47BCl3N9O6. The van der Waals surface area contributed by atoms with E-state index in [9.17, 15) is 15.5 Å². The second-order valence-corrected chi connectivity index (χ2v) is 15.2. The number of anilines is 2. The highest BCUT2D eigenvalue weighted by atomic mass is 35.6. The summed E-state index contributed by atoms with van der Waals surface area (Å²) in [5, 5.41) is 39.5. The van der Waals surface area contributed by atoms with Crippen molar-refractivity contribution < 1.29 is 30.5 Å². The van der Waals surface area contributed by atoms with E-state index in [1.165, 1.54) is 12.7 Å². The molecule has 6 atom stereocenters. The van der Waals surface area contributed by atoms with Crippen molar-refractivity contribution in [2.75, 3.05) is 18.1 Å². The van der Waals surface area contributed by atoms with E-state index >= 15 is 0 Å². The molecule has 312 valence electrons. The Bertz CT molecular complexity index is 2290. The van der Waals surface area contributed by atoms with E-state index in [0.717, 1.165) is 17.5 Å². The fraction of sp³-hybridized carbons (Fsp3) is 0.375. The maximum Gasteiger partial charge on any atom is 0.450 e. The Morgan fingerprint density at radius 1 is 0.831 bits per heavy atom. The second kappa shape index (κ2) is 21.1. The number of nitriles is 1. The molecule has 2 aromatic carbocycles. The number of aromatic nitrogens is 6. The number of nitrogens with two attached hydrogens (primary N) is 2. The van der Waals surface area contributed by atoms with Gasteiger partial charge in [0.15, 0.2) is 11.6 Å². The van der Waals surface area contributed by atoms with Gasteiger partial charge in [-0.05, 0) is 41.8 Å². The number of nitrogens with zero attached hydrogens (tertiary/aromatic N) is 7. The first-order valence-electron chi connectivity index (χ1n) is 19.4. The van der Waals surface area contributed by atoms with E-state index in [-0.39, 0.29) is 12.7 Å². The average molecular weight is 868 g/mol. The maximum absolute atomic E-state index is 11.4. The van der Waals surface area contributed by atoms with Crippen molar-refractivity contribution in [1.29, 1.82) is 5.26 Å². The molecule has 0 amide bonds. The van der Waals surface area contributed by atoms with Gasteiger partial charge in [-0.25, -0.2) is 19.0 Å². The third-order valence-electron chi connectivity index (χ3n) is 9.67. The monoisotopic (exact) mass is 866 g/mol. The Morgan fingerprint density at radius 2 is 1.31 bits per heavy atom. The zero-order valence-corrected chi connectivity index (χ0v) is 34.8. The summed E-state index contributed by atoms with van der Waals surface area (Å²) in [6, 6.07) is 28.8. The van der Waals surface area contributed by atoms with E-state index in [1.807, 2.05) is 67.6 Å². The van der Waals surface area contributed by atoms with E-state index in [2.05, 4.69) is 26.2 Å². The first-order chi connectivity index (χ1) is 28.9. The van der Waals surface area contributed by atoms with Gasteiger partial charge < -0.3 is 40.6 Å². The van der Waals surface area contributed by atoms with Gasteiger partial charge in [0.25, 0.3) is 0 Å². The molecule has 6 aromatic rings. The Morgan fingerprint density at radius 3 is 1.80 bits per heavy atom. The largest absolute Gasteiger partial charge is 0.450 e. The van der Waals surface area contributed by atoms with Crippen molar-refractivity contribution >= 4 is 62.0 Å². The van der Waals surface area contributed by atoms with Crippen LogP contribution in [0.4, 0.5) is 11.6 Å². The predicted molar refractivity (Wildman–Crippen MR) is 227 cm³/mol. The standard InChI is InChI=1S/C19H19N5O3.C19H22N4O3.C2H6.BCl3/c20-11-19(16-7-6-15-18(21)22-12-23-24(15)16)17(8-14(9-25)27-19)26-10-13-4-2-1-3-5-13;1-2-14-10-17(25-11-13-6-4-3-5-7-13)19(24,26-14)16-9-8-15-18(20)21-12-22-23(15)16;1-2;2-1(3)4/h1-7,12,14,17,25H,8-10H2,(H2,21,22,23);3-9,12,14,17,24H,2,10-11H2,1H3,(H2,20,21,22);1-2H3;/t14-,17+,19-;14-,17-,19?;;/m01../s1/i;;1D;. The number of benzene rings is 2. The van der Waals surface area contributed by atoms with Crippen LogP contribution in [-0.2, 0) is 43.5 Å². The summed E-state index contributed by atoms with van der Waals surface area (Å²) in [6.45, 7) is 4.85. The number of halogens is 3. The lowest BCUT2D eigenvalue weighted by molar-refractivity contribution is -0.250. The molecule has 19 heteroatoms. The molecule has 0 saturated carbocycles. The van der Waals surface area contributed by atoms with Gasteiger partial charge in [-0.3, -0.25) is 0 Å². The third kappa shape index (κ3) is 10.4. The molecule has 0 radical (unpaired) electrons. The minimum Gasteiger partial charge on any atom is -0.394 e. The predicted octanol–water partition coefficient (Wildman–Crippen LogP) is 6.35. The lowest BCUT2D eigenvalue weighted by Crippen LogP contribution is -2.39. The van der Waals surface area contributed by atoms with Gasteiger partial charge in [-0.15, -0.1) is 0 Å².